The van der Waals surface area contributed by atoms with Gasteiger partial charge in [0.15, 0.2) is 0 Å². The summed E-state index contributed by atoms with van der Waals surface area (Å²) in [6.07, 6.45) is 0.831. The fourth-order valence-corrected chi connectivity index (χ4v) is 3.86. The molecule has 3 rings (SSSR count). The third-order valence-electron chi connectivity index (χ3n) is 4.48. The minimum Gasteiger partial charge on any atom is -0.384 e. The standard InChI is InChI=1S/C16H22N2O4S/c1-21-7-3-15(19)17-5-2-13-14(10-17)22-8-6-18(16(13)20)12-4-9-23-11-12/h4,9,11,13-14H,2-3,5-8,10H2,1H3/t13-,14+/m1/s1. The molecule has 1 aromatic heterocycles. The minimum atomic E-state index is -0.202. The Bertz CT molecular complexity index is 548. The molecule has 2 atom stereocenters. The van der Waals surface area contributed by atoms with Gasteiger partial charge in [0.25, 0.3) is 0 Å². The van der Waals surface area contributed by atoms with E-state index < -0.39 is 0 Å². The Morgan fingerprint density at radius 1 is 1.48 bits per heavy atom. The van der Waals surface area contributed by atoms with Gasteiger partial charge in [-0.15, -0.1) is 0 Å². The molecule has 0 bridgehead atoms. The molecule has 2 fully saturated rings. The van der Waals surface area contributed by atoms with Gasteiger partial charge >= 0.3 is 0 Å². The van der Waals surface area contributed by atoms with E-state index in [0.29, 0.717) is 45.7 Å². The van der Waals surface area contributed by atoms with Gasteiger partial charge in [-0.2, -0.15) is 11.3 Å². The molecular weight excluding hydrogens is 316 g/mol. The van der Waals surface area contributed by atoms with Gasteiger partial charge in [-0.3, -0.25) is 9.59 Å². The van der Waals surface area contributed by atoms with Gasteiger partial charge in [-0.25, -0.2) is 0 Å². The number of hydrogen-bond acceptors (Lipinski definition) is 5. The zero-order chi connectivity index (χ0) is 16.2. The molecule has 6 nitrogen and oxygen atoms in total. The fourth-order valence-electron chi connectivity index (χ4n) is 3.21. The zero-order valence-corrected chi connectivity index (χ0v) is 14.1. The Labute approximate surface area is 140 Å². The molecule has 7 heteroatoms. The lowest BCUT2D eigenvalue weighted by atomic mass is 9.92. The number of carbonyl (C=O) groups excluding carboxylic acids is 2. The topological polar surface area (TPSA) is 59.1 Å². The Hall–Kier alpha value is -1.44. The first-order valence-corrected chi connectivity index (χ1v) is 8.87. The number of rotatable bonds is 4. The van der Waals surface area contributed by atoms with Crippen molar-refractivity contribution in [2.24, 2.45) is 5.92 Å². The molecule has 0 spiro atoms. The van der Waals surface area contributed by atoms with E-state index in [1.807, 2.05) is 21.7 Å². The smallest absolute Gasteiger partial charge is 0.232 e. The van der Waals surface area contributed by atoms with E-state index in [0.717, 1.165) is 5.69 Å². The van der Waals surface area contributed by atoms with E-state index in [1.54, 1.807) is 23.3 Å². The Morgan fingerprint density at radius 3 is 3.09 bits per heavy atom. The Balaban J connectivity index is 1.67. The highest BCUT2D eigenvalue weighted by Crippen LogP contribution is 2.29. The number of ether oxygens (including phenoxy) is 2. The van der Waals surface area contributed by atoms with Crippen molar-refractivity contribution in [1.29, 1.82) is 0 Å². The van der Waals surface area contributed by atoms with Crippen LogP contribution in [0.25, 0.3) is 0 Å². The van der Waals surface area contributed by atoms with Crippen molar-refractivity contribution in [1.82, 2.24) is 4.90 Å². The van der Waals surface area contributed by atoms with Crippen LogP contribution in [-0.2, 0) is 19.1 Å². The lowest BCUT2D eigenvalue weighted by Gasteiger charge is -2.37. The molecule has 0 N–H and O–H groups in total. The number of anilines is 1. The molecule has 0 saturated carbocycles. The molecule has 3 heterocycles. The Kier molecular flexibility index (Phi) is 5.30. The molecule has 2 aliphatic rings. The normalized spacial score (nSPS) is 25.2. The number of thiophene rings is 1. The molecule has 23 heavy (non-hydrogen) atoms. The van der Waals surface area contributed by atoms with Crippen molar-refractivity contribution < 1.29 is 19.1 Å². The first-order chi connectivity index (χ1) is 11.2. The minimum absolute atomic E-state index is 0.0697. The van der Waals surface area contributed by atoms with Crippen LogP contribution >= 0.6 is 11.3 Å². The van der Waals surface area contributed by atoms with Crippen molar-refractivity contribution in [3.63, 3.8) is 0 Å². The van der Waals surface area contributed by atoms with E-state index in [1.165, 1.54) is 0 Å². The summed E-state index contributed by atoms with van der Waals surface area (Å²) in [5, 5.41) is 3.96. The maximum Gasteiger partial charge on any atom is 0.232 e. The van der Waals surface area contributed by atoms with Crippen molar-refractivity contribution in [2.45, 2.75) is 18.9 Å². The highest BCUT2D eigenvalue weighted by Gasteiger charge is 2.40. The van der Waals surface area contributed by atoms with Gasteiger partial charge in [0.1, 0.15) is 0 Å². The molecule has 2 aliphatic heterocycles. The van der Waals surface area contributed by atoms with Gasteiger partial charge < -0.3 is 19.3 Å². The quantitative estimate of drug-likeness (QED) is 0.832. The Morgan fingerprint density at radius 2 is 2.35 bits per heavy atom. The van der Waals surface area contributed by atoms with E-state index in [4.69, 9.17) is 9.47 Å². The first kappa shape index (κ1) is 16.4. The largest absolute Gasteiger partial charge is 0.384 e. The second-order valence-corrected chi connectivity index (χ2v) is 6.64. The van der Waals surface area contributed by atoms with Gasteiger partial charge in [0, 0.05) is 32.1 Å². The van der Waals surface area contributed by atoms with Gasteiger partial charge in [-0.1, -0.05) is 0 Å². The average Bonchev–Trinajstić information content (AvgIpc) is 3.04. The van der Waals surface area contributed by atoms with Gasteiger partial charge in [-0.05, 0) is 17.9 Å². The van der Waals surface area contributed by atoms with E-state index in [2.05, 4.69) is 0 Å². The second kappa shape index (κ2) is 7.42. The SMILES string of the molecule is COCCC(=O)N1CC[C@H]2C(=O)N(c3ccsc3)CCO[C@H]2C1. The molecule has 0 radical (unpaired) electrons. The fraction of sp³-hybridized carbons (Fsp3) is 0.625. The van der Waals surface area contributed by atoms with Crippen LogP contribution < -0.4 is 4.90 Å². The predicted octanol–water partition coefficient (Wildman–Crippen LogP) is 1.36. The van der Waals surface area contributed by atoms with E-state index in [-0.39, 0.29) is 23.8 Å². The molecule has 1 aromatic rings. The first-order valence-electron chi connectivity index (χ1n) is 7.92. The summed E-state index contributed by atoms with van der Waals surface area (Å²) < 4.78 is 10.9. The van der Waals surface area contributed by atoms with E-state index >= 15 is 0 Å². The lowest BCUT2D eigenvalue weighted by molar-refractivity contribution is -0.141. The molecule has 126 valence electrons. The lowest BCUT2D eigenvalue weighted by Crippen LogP contribution is -2.51. The third-order valence-corrected chi connectivity index (χ3v) is 5.15. The summed E-state index contributed by atoms with van der Waals surface area (Å²) in [4.78, 5) is 28.6. The molecule has 2 amide bonds. The van der Waals surface area contributed by atoms with Crippen LogP contribution in [0.3, 0.4) is 0 Å². The number of carbonyl (C=O) groups is 2. The number of hydrogen-bond donors (Lipinski definition) is 0. The number of piperidine rings is 1. The monoisotopic (exact) mass is 338 g/mol. The summed E-state index contributed by atoms with van der Waals surface area (Å²) in [5.41, 5.74) is 0.947. The van der Waals surface area contributed by atoms with Crippen molar-refractivity contribution in [2.75, 3.05) is 44.9 Å². The van der Waals surface area contributed by atoms with Crippen LogP contribution in [0.5, 0.6) is 0 Å². The second-order valence-electron chi connectivity index (χ2n) is 5.86. The number of likely N-dealkylation sites (tertiary alicyclic amines) is 1. The summed E-state index contributed by atoms with van der Waals surface area (Å²) in [5.74, 6) is 0.0269. The molecular formula is C16H22N2O4S. The van der Waals surface area contributed by atoms with Crippen LogP contribution in [0, 0.1) is 5.92 Å². The van der Waals surface area contributed by atoms with Crippen LogP contribution in [0.1, 0.15) is 12.8 Å². The average molecular weight is 338 g/mol. The van der Waals surface area contributed by atoms with Crippen molar-refractivity contribution in [3.05, 3.63) is 16.8 Å². The molecule has 0 unspecified atom stereocenters. The molecule has 2 saturated heterocycles. The van der Waals surface area contributed by atoms with Gasteiger partial charge in [0.05, 0.1) is 37.3 Å². The summed E-state index contributed by atoms with van der Waals surface area (Å²) in [7, 11) is 1.59. The zero-order valence-electron chi connectivity index (χ0n) is 13.3. The van der Waals surface area contributed by atoms with Crippen molar-refractivity contribution in [3.8, 4) is 0 Å². The maximum atomic E-state index is 12.9. The summed E-state index contributed by atoms with van der Waals surface area (Å²) in [6.45, 7) is 2.60. The predicted molar refractivity (Wildman–Crippen MR) is 87.6 cm³/mol. The van der Waals surface area contributed by atoms with Crippen LogP contribution in [0.2, 0.25) is 0 Å². The number of nitrogens with zero attached hydrogens (tertiary/aromatic N) is 2. The van der Waals surface area contributed by atoms with Crippen molar-refractivity contribution >= 4 is 28.8 Å². The van der Waals surface area contributed by atoms with Crippen LogP contribution in [-0.4, -0.2) is 62.8 Å². The highest BCUT2D eigenvalue weighted by atomic mass is 32.1. The van der Waals surface area contributed by atoms with Crippen LogP contribution in [0.15, 0.2) is 16.8 Å². The molecule has 0 aromatic carbocycles. The maximum absolute atomic E-state index is 12.9. The third kappa shape index (κ3) is 3.57. The molecule has 0 aliphatic carbocycles. The number of methoxy groups -OCH3 is 1. The van der Waals surface area contributed by atoms with E-state index in [9.17, 15) is 9.59 Å². The van der Waals surface area contributed by atoms with Gasteiger partial charge in [0.2, 0.25) is 11.8 Å². The summed E-state index contributed by atoms with van der Waals surface area (Å²) in [6, 6.07) is 1.96. The highest BCUT2D eigenvalue weighted by molar-refractivity contribution is 7.08. The summed E-state index contributed by atoms with van der Waals surface area (Å²) >= 11 is 1.58. The number of fused-ring (bicyclic) bond motifs is 1. The van der Waals surface area contributed by atoms with Crippen LogP contribution in [0.4, 0.5) is 5.69 Å². The number of amides is 2.